The molecule has 0 N–H and O–H groups in total. The number of esters is 1. The summed E-state index contributed by atoms with van der Waals surface area (Å²) in [6.07, 6.45) is 1.49. The normalized spacial score (nSPS) is 9.64. The molecule has 0 saturated carbocycles. The van der Waals surface area contributed by atoms with Crippen molar-refractivity contribution < 1.29 is 14.3 Å². The molecule has 0 saturated heterocycles. The van der Waals surface area contributed by atoms with Crippen LogP contribution in [0.5, 0.6) is 5.75 Å². The zero-order valence-corrected chi connectivity index (χ0v) is 9.50. The summed E-state index contributed by atoms with van der Waals surface area (Å²) in [6, 6.07) is 1.68. The molecule has 1 rings (SSSR count). The van der Waals surface area contributed by atoms with Crippen LogP contribution in [-0.4, -0.2) is 24.7 Å². The number of rotatable bonds is 3. The summed E-state index contributed by atoms with van der Waals surface area (Å²) in [4.78, 5) is 15.1. The predicted octanol–water partition coefficient (Wildman–Crippen LogP) is 2.03. The van der Waals surface area contributed by atoms with Crippen LogP contribution in [0.3, 0.4) is 0 Å². The molecule has 1 aromatic heterocycles. The van der Waals surface area contributed by atoms with Crippen LogP contribution in [0.15, 0.2) is 16.7 Å². The summed E-state index contributed by atoms with van der Waals surface area (Å²) >= 11 is 3.22. The van der Waals surface area contributed by atoms with Gasteiger partial charge < -0.3 is 9.47 Å². The van der Waals surface area contributed by atoms with Crippen molar-refractivity contribution in [2.75, 3.05) is 13.7 Å². The summed E-state index contributed by atoms with van der Waals surface area (Å²) < 4.78 is 10.3. The third-order valence-electron chi connectivity index (χ3n) is 1.51. The molecule has 4 nitrogen and oxygen atoms in total. The van der Waals surface area contributed by atoms with Crippen LogP contribution in [0.25, 0.3) is 0 Å². The molecule has 0 unspecified atom stereocenters. The van der Waals surface area contributed by atoms with Crippen LogP contribution < -0.4 is 4.74 Å². The Bertz CT molecular complexity index is 341. The topological polar surface area (TPSA) is 48.4 Å². The minimum atomic E-state index is -0.472. The SMILES string of the molecule is CCOc1cnc(C(=O)OC)c(Br)c1. The van der Waals surface area contributed by atoms with Crippen LogP contribution >= 0.6 is 15.9 Å². The molecule has 0 spiro atoms. The van der Waals surface area contributed by atoms with Gasteiger partial charge in [0.25, 0.3) is 0 Å². The minimum Gasteiger partial charge on any atom is -0.492 e. The first-order chi connectivity index (χ1) is 6.69. The van der Waals surface area contributed by atoms with E-state index in [0.29, 0.717) is 16.8 Å². The standard InChI is InChI=1S/C9H10BrNO3/c1-3-14-6-4-7(10)8(11-5-6)9(12)13-2/h4-5H,3H2,1-2H3. The van der Waals surface area contributed by atoms with E-state index in [4.69, 9.17) is 4.74 Å². The number of halogens is 1. The molecule has 0 amide bonds. The van der Waals surface area contributed by atoms with Crippen LogP contribution in [0, 0.1) is 0 Å². The highest BCUT2D eigenvalue weighted by Gasteiger charge is 2.12. The highest BCUT2D eigenvalue weighted by atomic mass is 79.9. The number of carbonyl (C=O) groups is 1. The number of nitrogens with zero attached hydrogens (tertiary/aromatic N) is 1. The lowest BCUT2D eigenvalue weighted by molar-refractivity contribution is 0.0593. The van der Waals surface area contributed by atoms with Gasteiger partial charge in [0.1, 0.15) is 5.75 Å². The zero-order chi connectivity index (χ0) is 10.6. The first kappa shape index (κ1) is 11.0. The molecular weight excluding hydrogens is 250 g/mol. The Morgan fingerprint density at radius 2 is 2.36 bits per heavy atom. The van der Waals surface area contributed by atoms with Gasteiger partial charge in [-0.25, -0.2) is 9.78 Å². The number of methoxy groups -OCH3 is 1. The third-order valence-corrected chi connectivity index (χ3v) is 2.11. The summed E-state index contributed by atoms with van der Waals surface area (Å²) in [5, 5.41) is 0. The fraction of sp³-hybridized carbons (Fsp3) is 0.333. The molecule has 0 aliphatic carbocycles. The van der Waals surface area contributed by atoms with Crippen LogP contribution in [0.4, 0.5) is 0 Å². The maximum absolute atomic E-state index is 11.1. The van der Waals surface area contributed by atoms with E-state index in [0.717, 1.165) is 0 Å². The Hall–Kier alpha value is -1.10. The molecule has 0 fully saturated rings. The minimum absolute atomic E-state index is 0.246. The molecule has 0 bridgehead atoms. The largest absolute Gasteiger partial charge is 0.492 e. The van der Waals surface area contributed by atoms with E-state index in [-0.39, 0.29) is 5.69 Å². The highest BCUT2D eigenvalue weighted by Crippen LogP contribution is 2.21. The van der Waals surface area contributed by atoms with E-state index in [2.05, 4.69) is 25.7 Å². The third kappa shape index (κ3) is 2.45. The van der Waals surface area contributed by atoms with Gasteiger partial charge in [-0.15, -0.1) is 0 Å². The Balaban J connectivity index is 2.95. The molecule has 0 aromatic carbocycles. The summed E-state index contributed by atoms with van der Waals surface area (Å²) in [7, 11) is 1.31. The van der Waals surface area contributed by atoms with Gasteiger partial charge in [-0.1, -0.05) is 0 Å². The molecule has 0 atom stereocenters. The van der Waals surface area contributed by atoms with E-state index in [1.165, 1.54) is 13.3 Å². The van der Waals surface area contributed by atoms with E-state index >= 15 is 0 Å². The van der Waals surface area contributed by atoms with Gasteiger partial charge in [-0.3, -0.25) is 0 Å². The Morgan fingerprint density at radius 3 is 2.86 bits per heavy atom. The van der Waals surface area contributed by atoms with Crippen molar-refractivity contribution in [3.63, 3.8) is 0 Å². The Morgan fingerprint density at radius 1 is 1.64 bits per heavy atom. The van der Waals surface area contributed by atoms with Gasteiger partial charge in [0.2, 0.25) is 0 Å². The van der Waals surface area contributed by atoms with Crippen molar-refractivity contribution in [3.05, 3.63) is 22.4 Å². The van der Waals surface area contributed by atoms with Gasteiger partial charge in [-0.05, 0) is 28.9 Å². The molecule has 1 heterocycles. The summed E-state index contributed by atoms with van der Waals surface area (Å²) in [5.74, 6) is 0.145. The Kier molecular flexibility index (Phi) is 3.88. The van der Waals surface area contributed by atoms with Crippen molar-refractivity contribution in [3.8, 4) is 5.75 Å². The lowest BCUT2D eigenvalue weighted by atomic mass is 10.3. The van der Waals surface area contributed by atoms with Crippen molar-refractivity contribution in [1.82, 2.24) is 4.98 Å². The Labute approximate surface area is 90.4 Å². The average molecular weight is 260 g/mol. The van der Waals surface area contributed by atoms with Crippen molar-refractivity contribution in [2.24, 2.45) is 0 Å². The lowest BCUT2D eigenvalue weighted by Gasteiger charge is -2.05. The smallest absolute Gasteiger partial charge is 0.357 e. The van der Waals surface area contributed by atoms with Crippen molar-refractivity contribution in [1.29, 1.82) is 0 Å². The molecule has 0 aliphatic heterocycles. The first-order valence-electron chi connectivity index (χ1n) is 4.05. The quantitative estimate of drug-likeness (QED) is 0.780. The number of pyridine rings is 1. The maximum atomic E-state index is 11.1. The molecule has 76 valence electrons. The molecule has 0 radical (unpaired) electrons. The van der Waals surface area contributed by atoms with Gasteiger partial charge >= 0.3 is 5.97 Å². The number of aromatic nitrogens is 1. The van der Waals surface area contributed by atoms with E-state index in [1.54, 1.807) is 6.07 Å². The molecule has 1 aromatic rings. The average Bonchev–Trinajstić information content (AvgIpc) is 2.17. The first-order valence-corrected chi connectivity index (χ1v) is 4.85. The number of hydrogen-bond acceptors (Lipinski definition) is 4. The summed E-state index contributed by atoms with van der Waals surface area (Å²) in [5.41, 5.74) is 0.246. The molecule has 14 heavy (non-hydrogen) atoms. The van der Waals surface area contributed by atoms with Gasteiger partial charge in [0, 0.05) is 0 Å². The van der Waals surface area contributed by atoms with Gasteiger partial charge in [0.05, 0.1) is 24.4 Å². The predicted molar refractivity (Wildman–Crippen MR) is 54.4 cm³/mol. The highest BCUT2D eigenvalue weighted by molar-refractivity contribution is 9.10. The van der Waals surface area contributed by atoms with E-state index in [1.807, 2.05) is 6.92 Å². The number of ether oxygens (including phenoxy) is 2. The second-order valence-electron chi connectivity index (χ2n) is 2.43. The number of carbonyl (C=O) groups excluding carboxylic acids is 1. The van der Waals surface area contributed by atoms with Crippen molar-refractivity contribution in [2.45, 2.75) is 6.92 Å². The van der Waals surface area contributed by atoms with E-state index in [9.17, 15) is 4.79 Å². The fourth-order valence-corrected chi connectivity index (χ4v) is 1.40. The second kappa shape index (κ2) is 4.95. The summed E-state index contributed by atoms with van der Waals surface area (Å²) in [6.45, 7) is 2.44. The van der Waals surface area contributed by atoms with Gasteiger partial charge in [0.15, 0.2) is 5.69 Å². The lowest BCUT2D eigenvalue weighted by Crippen LogP contribution is -2.05. The molecular formula is C9H10BrNO3. The van der Waals surface area contributed by atoms with Crippen LogP contribution in [-0.2, 0) is 4.74 Å². The van der Waals surface area contributed by atoms with E-state index < -0.39 is 5.97 Å². The molecule has 5 heteroatoms. The van der Waals surface area contributed by atoms with Crippen LogP contribution in [0.1, 0.15) is 17.4 Å². The fourth-order valence-electron chi connectivity index (χ4n) is 0.913. The zero-order valence-electron chi connectivity index (χ0n) is 7.91. The monoisotopic (exact) mass is 259 g/mol. The van der Waals surface area contributed by atoms with Gasteiger partial charge in [-0.2, -0.15) is 0 Å². The van der Waals surface area contributed by atoms with Crippen LogP contribution in [0.2, 0.25) is 0 Å². The van der Waals surface area contributed by atoms with Crippen molar-refractivity contribution >= 4 is 21.9 Å². The number of hydrogen-bond donors (Lipinski definition) is 0. The second-order valence-corrected chi connectivity index (χ2v) is 3.28. The molecule has 0 aliphatic rings. The maximum Gasteiger partial charge on any atom is 0.357 e.